The Morgan fingerprint density at radius 3 is 2.68 bits per heavy atom. The van der Waals surface area contributed by atoms with Crippen LogP contribution < -0.4 is 10.6 Å². The van der Waals surface area contributed by atoms with E-state index in [0.717, 1.165) is 49.7 Å². The predicted molar refractivity (Wildman–Crippen MR) is 137 cm³/mol. The van der Waals surface area contributed by atoms with Crippen LogP contribution in [0.3, 0.4) is 0 Å². The van der Waals surface area contributed by atoms with Crippen LogP contribution in [0.1, 0.15) is 51.6 Å². The number of hydrogen-bond donors (Lipinski definition) is 2. The van der Waals surface area contributed by atoms with E-state index >= 15 is 0 Å². The van der Waals surface area contributed by atoms with Crippen molar-refractivity contribution in [1.29, 1.82) is 0 Å². The number of benzene rings is 1. The van der Waals surface area contributed by atoms with Gasteiger partial charge in [0.25, 0.3) is 0 Å². The standard InChI is InChI=1S/C23H34N6O.HI/c1-4-6-22(30)27-20-9-7-19(8-10-20)15-26-23(25-5-2)28-13-11-18(3)21(16-28)29-14-12-24-17-29;/h7-10,12,14,17-18,21H,4-6,11,13,15-16H2,1-3H3,(H,25,26)(H,27,30);1H. The molecule has 1 aromatic carbocycles. The SMILES string of the molecule is CCCC(=O)Nc1ccc(CN=C(NCC)N2CCC(C)C(n3ccnc3)C2)cc1.I. The molecule has 0 radical (unpaired) electrons. The van der Waals surface area contributed by atoms with Crippen molar-refractivity contribution in [2.75, 3.05) is 25.0 Å². The molecule has 1 aromatic heterocycles. The Labute approximate surface area is 202 Å². The van der Waals surface area contributed by atoms with Crippen LogP contribution in [0.5, 0.6) is 0 Å². The van der Waals surface area contributed by atoms with Gasteiger partial charge in [-0.25, -0.2) is 9.98 Å². The smallest absolute Gasteiger partial charge is 0.224 e. The molecule has 3 rings (SSSR count). The lowest BCUT2D eigenvalue weighted by molar-refractivity contribution is -0.116. The van der Waals surface area contributed by atoms with Gasteiger partial charge in [-0.3, -0.25) is 4.79 Å². The van der Waals surface area contributed by atoms with Crippen LogP contribution >= 0.6 is 24.0 Å². The second-order valence-electron chi connectivity index (χ2n) is 7.95. The summed E-state index contributed by atoms with van der Waals surface area (Å²) in [5, 5.41) is 6.38. The number of halogens is 1. The first-order chi connectivity index (χ1) is 14.6. The molecule has 7 nitrogen and oxygen atoms in total. The molecule has 2 atom stereocenters. The third kappa shape index (κ3) is 7.22. The molecule has 0 bridgehead atoms. The summed E-state index contributed by atoms with van der Waals surface area (Å²) in [5.41, 5.74) is 1.96. The number of likely N-dealkylation sites (tertiary alicyclic amines) is 1. The van der Waals surface area contributed by atoms with Crippen molar-refractivity contribution in [3.05, 3.63) is 48.5 Å². The van der Waals surface area contributed by atoms with Crippen molar-refractivity contribution in [2.24, 2.45) is 10.9 Å². The third-order valence-corrected chi connectivity index (χ3v) is 5.59. The lowest BCUT2D eigenvalue weighted by Gasteiger charge is -2.39. The Morgan fingerprint density at radius 2 is 2.03 bits per heavy atom. The van der Waals surface area contributed by atoms with Crippen LogP contribution in [0, 0.1) is 5.92 Å². The van der Waals surface area contributed by atoms with Crippen molar-refractivity contribution in [3.8, 4) is 0 Å². The molecule has 1 amide bonds. The number of aliphatic imine (C=N–C) groups is 1. The highest BCUT2D eigenvalue weighted by Crippen LogP contribution is 2.27. The monoisotopic (exact) mass is 538 g/mol. The maximum atomic E-state index is 11.7. The Balaban J connectivity index is 0.00000341. The Morgan fingerprint density at radius 1 is 1.26 bits per heavy atom. The molecule has 1 aliphatic rings. The van der Waals surface area contributed by atoms with Gasteiger partial charge in [-0.1, -0.05) is 26.0 Å². The fourth-order valence-electron chi connectivity index (χ4n) is 3.83. The first-order valence-corrected chi connectivity index (χ1v) is 11.0. The molecule has 2 unspecified atom stereocenters. The molecule has 0 aliphatic carbocycles. The highest BCUT2D eigenvalue weighted by atomic mass is 127. The summed E-state index contributed by atoms with van der Waals surface area (Å²) in [6.07, 6.45) is 8.33. The topological polar surface area (TPSA) is 74.6 Å². The molecular weight excluding hydrogens is 503 g/mol. The van der Waals surface area contributed by atoms with E-state index in [1.165, 1.54) is 0 Å². The number of guanidine groups is 1. The van der Waals surface area contributed by atoms with Gasteiger partial charge in [-0.2, -0.15) is 0 Å². The zero-order chi connectivity index (χ0) is 21.3. The van der Waals surface area contributed by atoms with Gasteiger partial charge >= 0.3 is 0 Å². The van der Waals surface area contributed by atoms with Gasteiger partial charge in [0, 0.05) is 44.1 Å². The zero-order valence-electron chi connectivity index (χ0n) is 18.8. The fourth-order valence-corrected chi connectivity index (χ4v) is 3.83. The van der Waals surface area contributed by atoms with E-state index in [9.17, 15) is 4.79 Å². The number of carbonyl (C=O) groups is 1. The fraction of sp³-hybridized carbons (Fsp3) is 0.522. The van der Waals surface area contributed by atoms with Gasteiger partial charge in [-0.15, -0.1) is 24.0 Å². The van der Waals surface area contributed by atoms with E-state index < -0.39 is 0 Å². The minimum atomic E-state index is 0. The number of rotatable bonds is 7. The van der Waals surface area contributed by atoms with E-state index in [0.29, 0.717) is 24.9 Å². The zero-order valence-corrected chi connectivity index (χ0v) is 21.1. The van der Waals surface area contributed by atoms with Crippen LogP contribution in [0.15, 0.2) is 48.0 Å². The molecule has 8 heteroatoms. The highest BCUT2D eigenvalue weighted by molar-refractivity contribution is 14.0. The van der Waals surface area contributed by atoms with E-state index in [4.69, 9.17) is 4.99 Å². The summed E-state index contributed by atoms with van der Waals surface area (Å²) >= 11 is 0. The predicted octanol–water partition coefficient (Wildman–Crippen LogP) is 4.29. The van der Waals surface area contributed by atoms with E-state index in [-0.39, 0.29) is 29.9 Å². The van der Waals surface area contributed by atoms with Gasteiger partial charge in [0.15, 0.2) is 5.96 Å². The summed E-state index contributed by atoms with van der Waals surface area (Å²) in [6, 6.07) is 8.35. The number of amides is 1. The van der Waals surface area contributed by atoms with E-state index in [2.05, 4.69) is 45.1 Å². The van der Waals surface area contributed by atoms with Crippen LogP contribution in [0.25, 0.3) is 0 Å². The number of piperidine rings is 1. The summed E-state index contributed by atoms with van der Waals surface area (Å²) in [6.45, 7) is 9.78. The molecule has 0 saturated carbocycles. The number of nitrogens with zero attached hydrogens (tertiary/aromatic N) is 4. The number of nitrogens with one attached hydrogen (secondary N) is 2. The number of anilines is 1. The van der Waals surface area contributed by atoms with Crippen LogP contribution in [-0.4, -0.2) is 46.0 Å². The lowest BCUT2D eigenvalue weighted by Crippen LogP contribution is -2.49. The van der Waals surface area contributed by atoms with Crippen molar-refractivity contribution in [2.45, 2.75) is 52.6 Å². The van der Waals surface area contributed by atoms with Crippen LogP contribution in [0.2, 0.25) is 0 Å². The number of hydrogen-bond acceptors (Lipinski definition) is 3. The first-order valence-electron chi connectivity index (χ1n) is 11.0. The summed E-state index contributed by atoms with van der Waals surface area (Å²) in [4.78, 5) is 23.2. The minimum Gasteiger partial charge on any atom is -0.357 e. The van der Waals surface area contributed by atoms with Gasteiger partial charge in [0.2, 0.25) is 5.91 Å². The van der Waals surface area contributed by atoms with Gasteiger partial charge in [-0.05, 0) is 43.4 Å². The Bertz CT molecular complexity index is 821. The molecule has 170 valence electrons. The van der Waals surface area contributed by atoms with Crippen molar-refractivity contribution in [1.82, 2.24) is 19.8 Å². The second kappa shape index (κ2) is 12.7. The molecule has 1 fully saturated rings. The van der Waals surface area contributed by atoms with Crippen LogP contribution in [-0.2, 0) is 11.3 Å². The maximum absolute atomic E-state index is 11.7. The van der Waals surface area contributed by atoms with E-state index in [1.807, 2.05) is 43.7 Å². The lowest BCUT2D eigenvalue weighted by atomic mass is 9.93. The van der Waals surface area contributed by atoms with Gasteiger partial charge in [0.1, 0.15) is 0 Å². The average molecular weight is 538 g/mol. The van der Waals surface area contributed by atoms with Crippen molar-refractivity contribution in [3.63, 3.8) is 0 Å². The molecule has 0 spiro atoms. The Hall–Kier alpha value is -2.10. The quantitative estimate of drug-likeness (QED) is 0.314. The first kappa shape index (κ1) is 25.2. The van der Waals surface area contributed by atoms with E-state index in [1.54, 1.807) is 0 Å². The molecule has 2 N–H and O–H groups in total. The summed E-state index contributed by atoms with van der Waals surface area (Å²) < 4.78 is 2.21. The van der Waals surface area contributed by atoms with Gasteiger partial charge in [0.05, 0.1) is 18.9 Å². The largest absolute Gasteiger partial charge is 0.357 e. The van der Waals surface area contributed by atoms with Crippen LogP contribution in [0.4, 0.5) is 5.69 Å². The summed E-state index contributed by atoms with van der Waals surface area (Å²) in [7, 11) is 0. The molecule has 31 heavy (non-hydrogen) atoms. The van der Waals surface area contributed by atoms with Crippen molar-refractivity contribution >= 4 is 41.5 Å². The van der Waals surface area contributed by atoms with Gasteiger partial charge < -0.3 is 20.1 Å². The second-order valence-corrected chi connectivity index (χ2v) is 7.95. The molecule has 2 aromatic rings. The Kier molecular flexibility index (Phi) is 10.3. The number of imidazole rings is 1. The molecular formula is C23H35IN6O. The molecule has 1 saturated heterocycles. The minimum absolute atomic E-state index is 0. The van der Waals surface area contributed by atoms with Crippen molar-refractivity contribution < 1.29 is 4.79 Å². The average Bonchev–Trinajstić information content (AvgIpc) is 3.27. The molecule has 2 heterocycles. The summed E-state index contributed by atoms with van der Waals surface area (Å²) in [5.74, 6) is 1.62. The highest BCUT2D eigenvalue weighted by Gasteiger charge is 2.28. The maximum Gasteiger partial charge on any atom is 0.224 e. The number of carbonyl (C=O) groups excluding carboxylic acids is 1. The number of aromatic nitrogens is 2. The molecule has 1 aliphatic heterocycles. The normalized spacial score (nSPS) is 18.9. The third-order valence-electron chi connectivity index (χ3n) is 5.59.